The molecule has 0 spiro atoms. The minimum absolute atomic E-state index is 0.148. The Morgan fingerprint density at radius 1 is 1.16 bits per heavy atom. The molecule has 134 valence electrons. The zero-order valence-corrected chi connectivity index (χ0v) is 15.4. The lowest BCUT2D eigenvalue weighted by Gasteiger charge is -2.13. The zero-order valence-electron chi connectivity index (χ0n) is 14.6. The van der Waals surface area contributed by atoms with E-state index in [2.05, 4.69) is 17.6 Å². The Morgan fingerprint density at radius 2 is 1.84 bits per heavy atom. The molecule has 0 radical (unpaired) electrons. The van der Waals surface area contributed by atoms with E-state index in [1.54, 1.807) is 25.3 Å². The summed E-state index contributed by atoms with van der Waals surface area (Å²) in [6, 6.07) is 12.6. The summed E-state index contributed by atoms with van der Waals surface area (Å²) in [7, 11) is 1.54. The number of halogens is 1. The van der Waals surface area contributed by atoms with E-state index in [0.29, 0.717) is 16.5 Å². The molecule has 25 heavy (non-hydrogen) atoms. The van der Waals surface area contributed by atoms with Crippen molar-refractivity contribution in [3.8, 4) is 11.5 Å². The first-order valence-electron chi connectivity index (χ1n) is 8.15. The molecule has 0 aromatic heterocycles. The molecule has 2 aromatic carbocycles. The van der Waals surface area contributed by atoms with Crippen molar-refractivity contribution in [2.75, 3.05) is 24.3 Å². The molecule has 1 atom stereocenters. The number of carbonyl (C=O) groups is 1. The summed E-state index contributed by atoms with van der Waals surface area (Å²) < 4.78 is 10.8. The molecule has 2 aromatic rings. The Kier molecular flexibility index (Phi) is 6.95. The first-order valence-corrected chi connectivity index (χ1v) is 8.53. The third-order valence-corrected chi connectivity index (χ3v) is 3.95. The van der Waals surface area contributed by atoms with Gasteiger partial charge in [0.2, 0.25) is 5.91 Å². The van der Waals surface area contributed by atoms with E-state index in [0.717, 1.165) is 17.9 Å². The van der Waals surface area contributed by atoms with Crippen LogP contribution < -0.4 is 20.1 Å². The van der Waals surface area contributed by atoms with Gasteiger partial charge in [0, 0.05) is 11.4 Å². The minimum Gasteiger partial charge on any atom is -0.495 e. The summed E-state index contributed by atoms with van der Waals surface area (Å²) in [6.07, 6.45) is 1.14. The fraction of sp³-hybridized carbons (Fsp3) is 0.316. The number of carbonyl (C=O) groups excluding carboxylic acids is 1. The molecule has 2 N–H and O–H groups in total. The quantitative estimate of drug-likeness (QED) is 0.721. The number of ether oxygens (including phenoxy) is 2. The Labute approximate surface area is 153 Å². The molecule has 1 unspecified atom stereocenters. The number of benzene rings is 2. The Morgan fingerprint density at radius 3 is 2.44 bits per heavy atom. The van der Waals surface area contributed by atoms with Crippen LogP contribution in [0.5, 0.6) is 11.5 Å². The second kappa shape index (κ2) is 9.18. The van der Waals surface area contributed by atoms with E-state index in [-0.39, 0.29) is 18.6 Å². The standard InChI is InChI=1S/C19H23ClN2O3/c1-4-13(2)25-16-8-5-14(6-9-16)21-12-19(23)22-15-7-10-18(24-3)17(20)11-15/h5-11,13,21H,4,12H2,1-3H3,(H,22,23). The van der Waals surface area contributed by atoms with Gasteiger partial charge in [0.05, 0.1) is 24.8 Å². The number of hydrogen-bond donors (Lipinski definition) is 2. The van der Waals surface area contributed by atoms with Crippen molar-refractivity contribution < 1.29 is 14.3 Å². The molecule has 0 saturated carbocycles. The summed E-state index contributed by atoms with van der Waals surface area (Å²) in [5, 5.41) is 6.30. The molecule has 5 nitrogen and oxygen atoms in total. The number of hydrogen-bond acceptors (Lipinski definition) is 4. The predicted molar refractivity (Wildman–Crippen MR) is 102 cm³/mol. The van der Waals surface area contributed by atoms with Crippen molar-refractivity contribution in [2.24, 2.45) is 0 Å². The zero-order chi connectivity index (χ0) is 18.2. The number of anilines is 2. The van der Waals surface area contributed by atoms with Gasteiger partial charge in [-0.25, -0.2) is 0 Å². The smallest absolute Gasteiger partial charge is 0.243 e. The normalized spacial score (nSPS) is 11.5. The predicted octanol–water partition coefficient (Wildman–Crippen LogP) is 4.58. The largest absolute Gasteiger partial charge is 0.495 e. The highest BCUT2D eigenvalue weighted by Gasteiger charge is 2.06. The van der Waals surface area contributed by atoms with Gasteiger partial charge < -0.3 is 20.1 Å². The van der Waals surface area contributed by atoms with E-state index in [4.69, 9.17) is 21.1 Å². The maximum Gasteiger partial charge on any atom is 0.243 e. The van der Waals surface area contributed by atoms with Crippen LogP contribution in [0.3, 0.4) is 0 Å². The van der Waals surface area contributed by atoms with E-state index >= 15 is 0 Å². The van der Waals surface area contributed by atoms with E-state index in [1.165, 1.54) is 0 Å². The molecule has 0 saturated heterocycles. The third kappa shape index (κ3) is 5.87. The molecule has 2 rings (SSSR count). The van der Waals surface area contributed by atoms with Crippen molar-refractivity contribution in [1.29, 1.82) is 0 Å². The average molecular weight is 363 g/mol. The monoisotopic (exact) mass is 362 g/mol. The third-order valence-electron chi connectivity index (χ3n) is 3.66. The SMILES string of the molecule is CCC(C)Oc1ccc(NCC(=O)Nc2ccc(OC)c(Cl)c2)cc1. The summed E-state index contributed by atoms with van der Waals surface area (Å²) in [4.78, 5) is 12.0. The molecule has 6 heteroatoms. The lowest BCUT2D eigenvalue weighted by atomic mass is 10.2. The van der Waals surface area contributed by atoms with Crippen molar-refractivity contribution >= 4 is 28.9 Å². The van der Waals surface area contributed by atoms with Crippen LogP contribution in [0.25, 0.3) is 0 Å². The van der Waals surface area contributed by atoms with Gasteiger partial charge in [-0.05, 0) is 55.8 Å². The topological polar surface area (TPSA) is 59.6 Å². The van der Waals surface area contributed by atoms with Gasteiger partial charge in [-0.1, -0.05) is 18.5 Å². The van der Waals surface area contributed by atoms with Crippen LogP contribution in [-0.4, -0.2) is 25.7 Å². The first kappa shape index (κ1) is 18.9. The minimum atomic E-state index is -0.166. The highest BCUT2D eigenvalue weighted by atomic mass is 35.5. The van der Waals surface area contributed by atoms with Crippen molar-refractivity contribution in [3.05, 3.63) is 47.5 Å². The van der Waals surface area contributed by atoms with Gasteiger partial charge >= 0.3 is 0 Å². The van der Waals surface area contributed by atoms with Gasteiger partial charge in [0.25, 0.3) is 0 Å². The molecule has 0 fully saturated rings. The van der Waals surface area contributed by atoms with Crippen LogP contribution >= 0.6 is 11.6 Å². The molecule has 0 aliphatic carbocycles. The molecule has 1 amide bonds. The van der Waals surface area contributed by atoms with Gasteiger partial charge in [-0.15, -0.1) is 0 Å². The number of rotatable bonds is 8. The maximum atomic E-state index is 12.0. The number of nitrogens with one attached hydrogen (secondary N) is 2. The summed E-state index contributed by atoms with van der Waals surface area (Å²) >= 11 is 6.04. The van der Waals surface area contributed by atoms with Gasteiger partial charge in [-0.3, -0.25) is 4.79 Å². The molecule has 0 heterocycles. The molecule has 0 aliphatic heterocycles. The van der Waals surface area contributed by atoms with E-state index in [1.807, 2.05) is 31.2 Å². The molecular weight excluding hydrogens is 340 g/mol. The van der Waals surface area contributed by atoms with Crippen molar-refractivity contribution in [1.82, 2.24) is 0 Å². The molecule has 0 aliphatic rings. The Bertz CT molecular complexity index is 704. The fourth-order valence-electron chi connectivity index (χ4n) is 2.10. The van der Waals surface area contributed by atoms with Gasteiger partial charge in [0.15, 0.2) is 0 Å². The lowest BCUT2D eigenvalue weighted by molar-refractivity contribution is -0.114. The lowest BCUT2D eigenvalue weighted by Crippen LogP contribution is -2.21. The average Bonchev–Trinajstić information content (AvgIpc) is 2.61. The van der Waals surface area contributed by atoms with Crippen LogP contribution in [0, 0.1) is 0 Å². The van der Waals surface area contributed by atoms with Crippen LogP contribution in [0.1, 0.15) is 20.3 Å². The first-order chi connectivity index (χ1) is 12.0. The number of amides is 1. The van der Waals surface area contributed by atoms with E-state index < -0.39 is 0 Å². The maximum absolute atomic E-state index is 12.0. The Balaban J connectivity index is 1.84. The second-order valence-electron chi connectivity index (χ2n) is 5.61. The second-order valence-corrected chi connectivity index (χ2v) is 6.02. The van der Waals surface area contributed by atoms with Crippen LogP contribution in [0.15, 0.2) is 42.5 Å². The number of methoxy groups -OCH3 is 1. The summed E-state index contributed by atoms with van der Waals surface area (Å²) in [5.74, 6) is 1.22. The fourth-order valence-corrected chi connectivity index (χ4v) is 2.36. The van der Waals surface area contributed by atoms with Crippen molar-refractivity contribution in [2.45, 2.75) is 26.4 Å². The molecule has 0 bridgehead atoms. The Hall–Kier alpha value is -2.40. The molecular formula is C19H23ClN2O3. The highest BCUT2D eigenvalue weighted by Crippen LogP contribution is 2.27. The van der Waals surface area contributed by atoms with E-state index in [9.17, 15) is 4.79 Å². The van der Waals surface area contributed by atoms with Crippen molar-refractivity contribution in [3.63, 3.8) is 0 Å². The van der Waals surface area contributed by atoms with Gasteiger partial charge in [-0.2, -0.15) is 0 Å². The summed E-state index contributed by atoms with van der Waals surface area (Å²) in [5.41, 5.74) is 1.47. The van der Waals surface area contributed by atoms with Crippen LogP contribution in [0.2, 0.25) is 5.02 Å². The highest BCUT2D eigenvalue weighted by molar-refractivity contribution is 6.32. The van der Waals surface area contributed by atoms with Gasteiger partial charge in [0.1, 0.15) is 11.5 Å². The van der Waals surface area contributed by atoms with Crippen LogP contribution in [-0.2, 0) is 4.79 Å². The summed E-state index contributed by atoms with van der Waals surface area (Å²) in [6.45, 7) is 4.26. The van der Waals surface area contributed by atoms with Crippen LogP contribution in [0.4, 0.5) is 11.4 Å².